The minimum Gasteiger partial charge on any atom is -0.481 e. The van der Waals surface area contributed by atoms with Crippen LogP contribution in [0.25, 0.3) is 0 Å². The number of amides is 1. The van der Waals surface area contributed by atoms with Gasteiger partial charge in [-0.3, -0.25) is 9.59 Å². The van der Waals surface area contributed by atoms with Gasteiger partial charge in [0.25, 0.3) is 0 Å². The molecule has 6 nitrogen and oxygen atoms in total. The SMILES string of the molecule is NCCOCC(=O)NCCC(=O)O. The summed E-state index contributed by atoms with van der Waals surface area (Å²) < 4.78 is 4.82. The van der Waals surface area contributed by atoms with Crippen molar-refractivity contribution in [2.75, 3.05) is 26.3 Å². The Balaban J connectivity index is 3.25. The molecule has 0 saturated heterocycles. The Morgan fingerprint density at radius 2 is 2.15 bits per heavy atom. The van der Waals surface area contributed by atoms with Crippen LogP contribution in [0.4, 0.5) is 0 Å². The lowest BCUT2D eigenvalue weighted by molar-refractivity contribution is -0.137. The number of aliphatic carboxylic acids is 1. The maximum Gasteiger partial charge on any atom is 0.305 e. The summed E-state index contributed by atoms with van der Waals surface area (Å²) in [4.78, 5) is 20.9. The molecule has 1 amide bonds. The van der Waals surface area contributed by atoms with Crippen molar-refractivity contribution in [2.45, 2.75) is 6.42 Å². The lowest BCUT2D eigenvalue weighted by Gasteiger charge is -2.03. The van der Waals surface area contributed by atoms with Crippen LogP contribution in [-0.2, 0) is 14.3 Å². The zero-order valence-corrected chi connectivity index (χ0v) is 7.28. The fraction of sp³-hybridized carbons (Fsp3) is 0.714. The second-order valence-electron chi connectivity index (χ2n) is 2.33. The minimum atomic E-state index is -0.942. The van der Waals surface area contributed by atoms with E-state index in [9.17, 15) is 9.59 Å². The largest absolute Gasteiger partial charge is 0.481 e. The van der Waals surface area contributed by atoms with Gasteiger partial charge in [-0.25, -0.2) is 0 Å². The minimum absolute atomic E-state index is 0.0726. The van der Waals surface area contributed by atoms with Gasteiger partial charge in [0.1, 0.15) is 6.61 Å². The van der Waals surface area contributed by atoms with E-state index in [0.717, 1.165) is 0 Å². The quantitative estimate of drug-likeness (QED) is 0.426. The molecule has 0 aliphatic heterocycles. The Morgan fingerprint density at radius 1 is 1.46 bits per heavy atom. The average molecular weight is 190 g/mol. The number of carboxylic acids is 1. The number of carboxylic acid groups (broad SMARTS) is 1. The highest BCUT2D eigenvalue weighted by Crippen LogP contribution is 1.77. The van der Waals surface area contributed by atoms with Gasteiger partial charge < -0.3 is 20.9 Å². The standard InChI is InChI=1S/C7H14N2O4/c8-2-4-13-5-6(10)9-3-1-7(11)12/h1-5,8H2,(H,9,10)(H,11,12). The summed E-state index contributed by atoms with van der Waals surface area (Å²) in [6.45, 7) is 0.742. The molecule has 0 unspecified atom stereocenters. The van der Waals surface area contributed by atoms with Crippen LogP contribution in [0.5, 0.6) is 0 Å². The molecule has 0 aliphatic carbocycles. The first kappa shape index (κ1) is 11.9. The van der Waals surface area contributed by atoms with Crippen LogP contribution >= 0.6 is 0 Å². The van der Waals surface area contributed by atoms with Crippen LogP contribution in [0.3, 0.4) is 0 Å². The normalized spacial score (nSPS) is 9.62. The number of hydrogen-bond acceptors (Lipinski definition) is 4. The number of carbonyl (C=O) groups excluding carboxylic acids is 1. The summed E-state index contributed by atoms with van der Waals surface area (Å²) in [5.41, 5.74) is 5.12. The lowest BCUT2D eigenvalue weighted by Crippen LogP contribution is -2.30. The molecule has 0 fully saturated rings. The van der Waals surface area contributed by atoms with E-state index in [0.29, 0.717) is 13.2 Å². The molecule has 0 atom stereocenters. The number of nitrogens with two attached hydrogens (primary N) is 1. The maximum atomic E-state index is 10.8. The van der Waals surface area contributed by atoms with Gasteiger partial charge in [0.15, 0.2) is 0 Å². The second kappa shape index (κ2) is 7.51. The first-order valence-electron chi connectivity index (χ1n) is 3.93. The summed E-state index contributed by atoms with van der Waals surface area (Å²) >= 11 is 0. The van der Waals surface area contributed by atoms with Gasteiger partial charge in [0.2, 0.25) is 5.91 Å². The molecule has 0 bridgehead atoms. The molecule has 0 aromatic heterocycles. The Morgan fingerprint density at radius 3 is 2.69 bits per heavy atom. The van der Waals surface area contributed by atoms with Crippen molar-refractivity contribution in [1.82, 2.24) is 5.32 Å². The molecule has 0 heterocycles. The molecule has 0 rings (SSSR count). The van der Waals surface area contributed by atoms with Crippen LogP contribution < -0.4 is 11.1 Å². The highest BCUT2D eigenvalue weighted by molar-refractivity contribution is 5.77. The van der Waals surface area contributed by atoms with E-state index < -0.39 is 5.97 Å². The second-order valence-corrected chi connectivity index (χ2v) is 2.33. The summed E-state index contributed by atoms with van der Waals surface area (Å²) in [5.74, 6) is -1.27. The van der Waals surface area contributed by atoms with Crippen LogP contribution in [0.15, 0.2) is 0 Å². The van der Waals surface area contributed by atoms with Crippen molar-refractivity contribution in [2.24, 2.45) is 5.73 Å². The third-order valence-corrected chi connectivity index (χ3v) is 1.16. The molecular formula is C7H14N2O4. The number of nitrogens with one attached hydrogen (secondary N) is 1. The van der Waals surface area contributed by atoms with Crippen LogP contribution in [0.1, 0.15) is 6.42 Å². The van der Waals surface area contributed by atoms with Gasteiger partial charge in [0.05, 0.1) is 13.0 Å². The molecule has 13 heavy (non-hydrogen) atoms. The topological polar surface area (TPSA) is 102 Å². The summed E-state index contributed by atoms with van der Waals surface area (Å²) in [5, 5.41) is 10.6. The summed E-state index contributed by atoms with van der Waals surface area (Å²) in [6, 6.07) is 0. The Hall–Kier alpha value is -1.14. The average Bonchev–Trinajstić information content (AvgIpc) is 2.04. The van der Waals surface area contributed by atoms with E-state index in [1.807, 2.05) is 0 Å². The molecule has 0 aromatic rings. The fourth-order valence-electron chi connectivity index (χ4n) is 0.608. The van der Waals surface area contributed by atoms with E-state index in [4.69, 9.17) is 15.6 Å². The van der Waals surface area contributed by atoms with E-state index in [1.54, 1.807) is 0 Å². The first-order valence-corrected chi connectivity index (χ1v) is 3.93. The first-order chi connectivity index (χ1) is 6.16. The zero-order chi connectivity index (χ0) is 10.1. The van der Waals surface area contributed by atoms with Gasteiger partial charge >= 0.3 is 5.97 Å². The van der Waals surface area contributed by atoms with Crippen LogP contribution in [0.2, 0.25) is 0 Å². The molecule has 0 saturated carbocycles. The predicted octanol–water partition coefficient (Wildman–Crippen LogP) is -1.45. The van der Waals surface area contributed by atoms with E-state index in [2.05, 4.69) is 5.32 Å². The molecule has 0 aromatic carbocycles. The van der Waals surface area contributed by atoms with Crippen LogP contribution in [0, 0.1) is 0 Å². The highest BCUT2D eigenvalue weighted by atomic mass is 16.5. The molecule has 76 valence electrons. The van der Waals surface area contributed by atoms with Crippen molar-refractivity contribution in [3.63, 3.8) is 0 Å². The summed E-state index contributed by atoms with van der Waals surface area (Å²) in [7, 11) is 0. The Labute approximate surface area is 76.0 Å². The number of carbonyl (C=O) groups is 2. The lowest BCUT2D eigenvalue weighted by atomic mass is 10.4. The van der Waals surface area contributed by atoms with Gasteiger partial charge in [0, 0.05) is 13.1 Å². The molecule has 0 aliphatic rings. The maximum absolute atomic E-state index is 10.8. The van der Waals surface area contributed by atoms with Gasteiger partial charge in [-0.1, -0.05) is 0 Å². The Bertz CT molecular complexity index is 172. The molecule has 4 N–H and O–H groups in total. The van der Waals surface area contributed by atoms with Gasteiger partial charge in [-0.2, -0.15) is 0 Å². The zero-order valence-electron chi connectivity index (χ0n) is 7.28. The Kier molecular flexibility index (Phi) is 6.85. The van der Waals surface area contributed by atoms with Gasteiger partial charge in [-0.05, 0) is 0 Å². The number of rotatable bonds is 7. The monoisotopic (exact) mass is 190 g/mol. The predicted molar refractivity (Wildman–Crippen MR) is 45.1 cm³/mol. The van der Waals surface area contributed by atoms with Crippen molar-refractivity contribution in [1.29, 1.82) is 0 Å². The number of hydrogen-bond donors (Lipinski definition) is 3. The van der Waals surface area contributed by atoms with Crippen molar-refractivity contribution in [3.8, 4) is 0 Å². The molecule has 0 radical (unpaired) electrons. The fourth-order valence-corrected chi connectivity index (χ4v) is 0.608. The third-order valence-electron chi connectivity index (χ3n) is 1.16. The highest BCUT2D eigenvalue weighted by Gasteiger charge is 2.01. The van der Waals surface area contributed by atoms with Crippen LogP contribution in [-0.4, -0.2) is 43.3 Å². The smallest absolute Gasteiger partial charge is 0.305 e. The van der Waals surface area contributed by atoms with E-state index in [1.165, 1.54) is 0 Å². The number of ether oxygens (including phenoxy) is 1. The molecule has 6 heteroatoms. The van der Waals surface area contributed by atoms with Crippen molar-refractivity contribution < 1.29 is 19.4 Å². The van der Waals surface area contributed by atoms with Crippen molar-refractivity contribution >= 4 is 11.9 Å². The van der Waals surface area contributed by atoms with Gasteiger partial charge in [-0.15, -0.1) is 0 Å². The van der Waals surface area contributed by atoms with E-state index in [-0.39, 0.29) is 25.5 Å². The van der Waals surface area contributed by atoms with E-state index >= 15 is 0 Å². The molecular weight excluding hydrogens is 176 g/mol. The van der Waals surface area contributed by atoms with Crippen molar-refractivity contribution in [3.05, 3.63) is 0 Å². The molecule has 0 spiro atoms. The third kappa shape index (κ3) is 8.77. The summed E-state index contributed by atoms with van der Waals surface area (Å²) in [6.07, 6.45) is -0.0807.